The van der Waals surface area contributed by atoms with E-state index in [0.29, 0.717) is 12.8 Å². The summed E-state index contributed by atoms with van der Waals surface area (Å²) in [6.07, 6.45) is 1.04. The predicted octanol–water partition coefficient (Wildman–Crippen LogP) is 0.866. The third-order valence-electron chi connectivity index (χ3n) is 2.07. The molecule has 3 nitrogen and oxygen atoms in total. The van der Waals surface area contributed by atoms with Crippen LogP contribution in [0.4, 0.5) is 0 Å². The topological polar surface area (TPSA) is 57.9 Å². The Labute approximate surface area is 66.9 Å². The molecular weight excluding hydrogens is 162 g/mol. The van der Waals surface area contributed by atoms with E-state index in [4.69, 9.17) is 5.26 Å². The van der Waals surface area contributed by atoms with Gasteiger partial charge in [0.05, 0.1) is 11.3 Å². The summed E-state index contributed by atoms with van der Waals surface area (Å²) < 4.78 is 21.8. The third kappa shape index (κ3) is 1.04. The molecule has 4 heteroatoms. The van der Waals surface area contributed by atoms with Gasteiger partial charge in [-0.1, -0.05) is 0 Å². The van der Waals surface area contributed by atoms with Crippen LogP contribution in [0.5, 0.6) is 0 Å². The van der Waals surface area contributed by atoms with Gasteiger partial charge < -0.3 is 0 Å². The summed E-state index contributed by atoms with van der Waals surface area (Å²) in [6, 6.07) is 1.89. The fourth-order valence-corrected chi connectivity index (χ4v) is 2.73. The standard InChI is InChI=1S/C7H11NO2S/c1-6(2)11(9,10)7(5-8)3-4-7/h6H,3-4H2,1-2H3. The third-order valence-corrected chi connectivity index (χ3v) is 4.90. The second-order valence-corrected chi connectivity index (χ2v) is 6.01. The van der Waals surface area contributed by atoms with Crippen molar-refractivity contribution in [2.75, 3.05) is 0 Å². The van der Waals surface area contributed by atoms with Crippen LogP contribution in [-0.4, -0.2) is 18.4 Å². The van der Waals surface area contributed by atoms with Gasteiger partial charge in [-0.3, -0.25) is 0 Å². The highest BCUT2D eigenvalue weighted by Crippen LogP contribution is 2.44. The number of nitriles is 1. The molecule has 0 spiro atoms. The van der Waals surface area contributed by atoms with Crippen molar-refractivity contribution in [2.24, 2.45) is 0 Å². The molecule has 0 bridgehead atoms. The van der Waals surface area contributed by atoms with E-state index in [2.05, 4.69) is 0 Å². The van der Waals surface area contributed by atoms with Gasteiger partial charge in [0.2, 0.25) is 0 Å². The normalized spacial score (nSPS) is 21.3. The van der Waals surface area contributed by atoms with Crippen molar-refractivity contribution < 1.29 is 8.42 Å². The highest BCUT2D eigenvalue weighted by atomic mass is 32.2. The minimum atomic E-state index is -3.18. The minimum absolute atomic E-state index is 0.426. The zero-order chi connectivity index (χ0) is 8.70. The van der Waals surface area contributed by atoms with Gasteiger partial charge in [0, 0.05) is 0 Å². The highest BCUT2D eigenvalue weighted by molar-refractivity contribution is 7.93. The van der Waals surface area contributed by atoms with Crippen LogP contribution in [0.1, 0.15) is 26.7 Å². The second-order valence-electron chi connectivity index (χ2n) is 3.20. The van der Waals surface area contributed by atoms with E-state index < -0.39 is 19.8 Å². The molecule has 0 heterocycles. The molecule has 0 unspecified atom stereocenters. The Hall–Kier alpha value is -0.560. The van der Waals surface area contributed by atoms with Gasteiger partial charge in [0.1, 0.15) is 0 Å². The number of sulfone groups is 1. The van der Waals surface area contributed by atoms with Crippen molar-refractivity contribution in [3.8, 4) is 6.07 Å². The largest absolute Gasteiger partial charge is 0.227 e. The van der Waals surface area contributed by atoms with Crippen LogP contribution in [0.15, 0.2) is 0 Å². The SMILES string of the molecule is CC(C)S(=O)(=O)C1(C#N)CC1. The summed E-state index contributed by atoms with van der Waals surface area (Å²) in [6.45, 7) is 3.24. The summed E-state index contributed by atoms with van der Waals surface area (Å²) in [7, 11) is -3.18. The smallest absolute Gasteiger partial charge is 0.171 e. The lowest BCUT2D eigenvalue weighted by Gasteiger charge is -2.10. The summed E-state index contributed by atoms with van der Waals surface area (Å²) in [5, 5.41) is 8.19. The first-order valence-corrected chi connectivity index (χ1v) is 5.15. The maximum atomic E-state index is 11.4. The second kappa shape index (κ2) is 2.21. The molecule has 1 aliphatic rings. The van der Waals surface area contributed by atoms with Gasteiger partial charge in [-0.05, 0) is 26.7 Å². The van der Waals surface area contributed by atoms with E-state index in [1.807, 2.05) is 6.07 Å². The van der Waals surface area contributed by atoms with E-state index in [9.17, 15) is 8.42 Å². The summed E-state index contributed by atoms with van der Waals surface area (Å²) in [5.41, 5.74) is 0. The average Bonchev–Trinajstić information content (AvgIpc) is 2.66. The molecule has 0 aromatic carbocycles. The summed E-state index contributed by atoms with van der Waals surface area (Å²) in [4.78, 5) is 0. The first-order valence-electron chi connectivity index (χ1n) is 3.61. The molecule has 0 aromatic heterocycles. The summed E-state index contributed by atoms with van der Waals surface area (Å²) >= 11 is 0. The number of rotatable bonds is 2. The first kappa shape index (κ1) is 8.54. The van der Waals surface area contributed by atoms with E-state index >= 15 is 0 Å². The van der Waals surface area contributed by atoms with Crippen molar-refractivity contribution in [1.29, 1.82) is 5.26 Å². The molecule has 1 fully saturated rings. The number of hydrogen-bond acceptors (Lipinski definition) is 3. The van der Waals surface area contributed by atoms with Crippen molar-refractivity contribution >= 4 is 9.84 Å². The molecule has 1 rings (SSSR count). The van der Waals surface area contributed by atoms with Crippen LogP contribution in [0.25, 0.3) is 0 Å². The molecule has 0 saturated heterocycles. The van der Waals surface area contributed by atoms with Gasteiger partial charge >= 0.3 is 0 Å². The molecule has 0 N–H and O–H groups in total. The van der Waals surface area contributed by atoms with Crippen molar-refractivity contribution in [1.82, 2.24) is 0 Å². The Balaban J connectivity index is 3.02. The zero-order valence-corrected chi connectivity index (χ0v) is 7.48. The van der Waals surface area contributed by atoms with Crippen molar-refractivity contribution in [3.05, 3.63) is 0 Å². The average molecular weight is 173 g/mol. The van der Waals surface area contributed by atoms with E-state index in [1.165, 1.54) is 0 Å². The van der Waals surface area contributed by atoms with E-state index in [1.54, 1.807) is 13.8 Å². The summed E-state index contributed by atoms with van der Waals surface area (Å²) in [5.74, 6) is 0. The maximum Gasteiger partial charge on any atom is 0.171 e. The monoisotopic (exact) mass is 173 g/mol. The van der Waals surface area contributed by atoms with Gasteiger partial charge in [0.25, 0.3) is 0 Å². The zero-order valence-electron chi connectivity index (χ0n) is 6.66. The molecular formula is C7H11NO2S. The van der Waals surface area contributed by atoms with Gasteiger partial charge in [0.15, 0.2) is 14.6 Å². The molecule has 0 radical (unpaired) electrons. The Kier molecular flexibility index (Phi) is 1.72. The van der Waals surface area contributed by atoms with Gasteiger partial charge in [-0.15, -0.1) is 0 Å². The Morgan fingerprint density at radius 3 is 2.00 bits per heavy atom. The highest BCUT2D eigenvalue weighted by Gasteiger charge is 2.56. The molecule has 0 atom stereocenters. The fourth-order valence-electron chi connectivity index (χ4n) is 1.02. The molecule has 0 amide bonds. The minimum Gasteiger partial charge on any atom is -0.227 e. The maximum absolute atomic E-state index is 11.4. The molecule has 0 aromatic rings. The molecule has 62 valence electrons. The van der Waals surface area contributed by atoms with Gasteiger partial charge in [-0.2, -0.15) is 5.26 Å². The fraction of sp³-hybridized carbons (Fsp3) is 0.857. The quantitative estimate of drug-likeness (QED) is 0.622. The van der Waals surface area contributed by atoms with Crippen LogP contribution in [0.3, 0.4) is 0 Å². The van der Waals surface area contributed by atoms with Crippen LogP contribution in [0, 0.1) is 11.3 Å². The van der Waals surface area contributed by atoms with Crippen LogP contribution in [-0.2, 0) is 9.84 Å². The van der Waals surface area contributed by atoms with Crippen LogP contribution >= 0.6 is 0 Å². The number of hydrogen-bond donors (Lipinski definition) is 0. The Morgan fingerprint density at radius 1 is 1.45 bits per heavy atom. The Bertz CT molecular complexity index is 293. The Morgan fingerprint density at radius 2 is 1.91 bits per heavy atom. The van der Waals surface area contributed by atoms with E-state index in [-0.39, 0.29) is 0 Å². The van der Waals surface area contributed by atoms with Crippen LogP contribution < -0.4 is 0 Å². The van der Waals surface area contributed by atoms with Crippen molar-refractivity contribution in [2.45, 2.75) is 36.7 Å². The molecule has 11 heavy (non-hydrogen) atoms. The first-order chi connectivity index (χ1) is 4.96. The van der Waals surface area contributed by atoms with Crippen molar-refractivity contribution in [3.63, 3.8) is 0 Å². The lowest BCUT2D eigenvalue weighted by molar-refractivity contribution is 0.579. The molecule has 1 aliphatic carbocycles. The lowest BCUT2D eigenvalue weighted by atomic mass is 10.5. The number of nitrogens with zero attached hydrogens (tertiary/aromatic N) is 1. The predicted molar refractivity (Wildman–Crippen MR) is 41.6 cm³/mol. The van der Waals surface area contributed by atoms with Gasteiger partial charge in [-0.25, -0.2) is 8.42 Å². The van der Waals surface area contributed by atoms with Crippen LogP contribution in [0.2, 0.25) is 0 Å². The molecule has 1 saturated carbocycles. The lowest BCUT2D eigenvalue weighted by Crippen LogP contribution is -2.28. The molecule has 0 aliphatic heterocycles. The van der Waals surface area contributed by atoms with E-state index in [0.717, 1.165) is 0 Å².